The highest BCUT2D eigenvalue weighted by molar-refractivity contribution is 6.30. The van der Waals surface area contributed by atoms with Crippen molar-refractivity contribution >= 4 is 23.3 Å². The predicted molar refractivity (Wildman–Crippen MR) is 94.6 cm³/mol. The van der Waals surface area contributed by atoms with Crippen molar-refractivity contribution in [2.24, 2.45) is 7.05 Å². The number of nitrogens with one attached hydrogen (secondary N) is 2. The molecule has 1 aromatic heterocycles. The third-order valence-electron chi connectivity index (χ3n) is 3.63. The third-order valence-corrected chi connectivity index (χ3v) is 3.88. The monoisotopic (exact) mass is 349 g/mol. The summed E-state index contributed by atoms with van der Waals surface area (Å²) in [6, 6.07) is 8.06. The molecule has 0 aliphatic rings. The third kappa shape index (κ3) is 4.37. The number of methoxy groups -OCH3 is 1. The van der Waals surface area contributed by atoms with Crippen LogP contribution in [0.3, 0.4) is 0 Å². The fourth-order valence-corrected chi connectivity index (χ4v) is 2.39. The van der Waals surface area contributed by atoms with Gasteiger partial charge >= 0.3 is 6.03 Å². The number of rotatable bonds is 5. The summed E-state index contributed by atoms with van der Waals surface area (Å²) in [5, 5.41) is 6.05. The molecule has 2 rings (SSSR count). The zero-order valence-corrected chi connectivity index (χ0v) is 14.6. The number of ether oxygens (including phenoxy) is 1. The number of anilines is 1. The lowest BCUT2D eigenvalue weighted by atomic mass is 10.1. The summed E-state index contributed by atoms with van der Waals surface area (Å²) < 4.78 is 6.58. The maximum atomic E-state index is 12.3. The van der Waals surface area contributed by atoms with E-state index < -0.39 is 6.03 Å². The average molecular weight is 350 g/mol. The summed E-state index contributed by atoms with van der Waals surface area (Å²) in [4.78, 5) is 24.4. The Balaban J connectivity index is 2.16. The molecular weight excluding hydrogens is 330 g/mol. The highest BCUT2D eigenvalue weighted by atomic mass is 35.5. The van der Waals surface area contributed by atoms with E-state index in [4.69, 9.17) is 16.3 Å². The van der Waals surface area contributed by atoms with Gasteiger partial charge in [0, 0.05) is 25.4 Å². The van der Waals surface area contributed by atoms with Crippen LogP contribution in [0.25, 0.3) is 0 Å². The number of carbonyl (C=O) groups is 1. The number of carbonyl (C=O) groups excluding carboxylic acids is 1. The van der Waals surface area contributed by atoms with Crippen molar-refractivity contribution in [3.63, 3.8) is 0 Å². The number of pyridine rings is 1. The molecule has 0 unspecified atom stereocenters. The van der Waals surface area contributed by atoms with E-state index in [9.17, 15) is 9.59 Å². The number of amides is 2. The van der Waals surface area contributed by atoms with Crippen LogP contribution in [0.4, 0.5) is 10.5 Å². The fraction of sp³-hybridized carbons (Fsp3) is 0.294. The molecule has 0 saturated heterocycles. The minimum atomic E-state index is -0.474. The minimum Gasteiger partial charge on any atom is -0.382 e. The Bertz CT molecular complexity index is 772. The summed E-state index contributed by atoms with van der Waals surface area (Å²) >= 11 is 5.89. The van der Waals surface area contributed by atoms with Crippen molar-refractivity contribution in [1.29, 1.82) is 0 Å². The van der Waals surface area contributed by atoms with Crippen LogP contribution in [-0.2, 0) is 11.8 Å². The van der Waals surface area contributed by atoms with Crippen LogP contribution < -0.4 is 16.2 Å². The Morgan fingerprint density at radius 2 is 1.96 bits per heavy atom. The molecule has 0 aliphatic heterocycles. The predicted octanol–water partition coefficient (Wildman–Crippen LogP) is 2.86. The molecule has 128 valence electrons. The lowest BCUT2D eigenvalue weighted by Crippen LogP contribution is -2.37. The molecule has 0 spiro atoms. The first-order valence-corrected chi connectivity index (χ1v) is 7.78. The van der Waals surface area contributed by atoms with Gasteiger partial charge in [-0.25, -0.2) is 4.79 Å². The average Bonchev–Trinajstić information content (AvgIpc) is 2.55. The van der Waals surface area contributed by atoms with Gasteiger partial charge in [-0.15, -0.1) is 0 Å². The summed E-state index contributed by atoms with van der Waals surface area (Å²) in [5.41, 5.74) is 1.54. The maximum Gasteiger partial charge on any atom is 0.319 e. The summed E-state index contributed by atoms with van der Waals surface area (Å²) in [7, 11) is 3.19. The van der Waals surface area contributed by atoms with E-state index in [-0.39, 0.29) is 17.3 Å². The van der Waals surface area contributed by atoms with E-state index in [1.165, 1.54) is 4.57 Å². The van der Waals surface area contributed by atoms with Gasteiger partial charge in [-0.05, 0) is 36.2 Å². The summed E-state index contributed by atoms with van der Waals surface area (Å²) in [6.45, 7) is 2.06. The van der Waals surface area contributed by atoms with E-state index in [0.717, 1.165) is 5.56 Å². The number of hydrogen-bond donors (Lipinski definition) is 2. The molecule has 0 radical (unpaired) electrons. The Hall–Kier alpha value is -2.31. The van der Waals surface area contributed by atoms with Crippen molar-refractivity contribution in [1.82, 2.24) is 9.88 Å². The van der Waals surface area contributed by atoms with Gasteiger partial charge in [-0.2, -0.15) is 0 Å². The van der Waals surface area contributed by atoms with Gasteiger partial charge in [-0.1, -0.05) is 23.7 Å². The number of aromatic nitrogens is 1. The molecule has 7 heteroatoms. The van der Waals surface area contributed by atoms with Crippen molar-refractivity contribution < 1.29 is 9.53 Å². The number of urea groups is 1. The lowest BCUT2D eigenvalue weighted by molar-refractivity contribution is 0.168. The maximum absolute atomic E-state index is 12.3. The molecule has 0 fully saturated rings. The largest absolute Gasteiger partial charge is 0.382 e. The van der Waals surface area contributed by atoms with Gasteiger partial charge in [0.25, 0.3) is 5.56 Å². The second-order valence-corrected chi connectivity index (χ2v) is 5.88. The Labute approximate surface area is 145 Å². The molecule has 2 N–H and O–H groups in total. The lowest BCUT2D eigenvalue weighted by Gasteiger charge is -2.19. The zero-order chi connectivity index (χ0) is 17.7. The Kier molecular flexibility index (Phi) is 6.00. The molecule has 1 heterocycles. The van der Waals surface area contributed by atoms with Crippen LogP contribution in [0.2, 0.25) is 5.02 Å². The molecule has 2 aromatic rings. The molecule has 2 amide bonds. The van der Waals surface area contributed by atoms with E-state index in [2.05, 4.69) is 10.6 Å². The molecule has 1 aromatic carbocycles. The second kappa shape index (κ2) is 7.99. The van der Waals surface area contributed by atoms with Crippen molar-refractivity contribution in [2.45, 2.75) is 13.0 Å². The highest BCUT2D eigenvalue weighted by Gasteiger charge is 2.16. The Morgan fingerprint density at radius 3 is 2.58 bits per heavy atom. The number of benzene rings is 1. The molecule has 0 bridgehead atoms. The smallest absolute Gasteiger partial charge is 0.319 e. The van der Waals surface area contributed by atoms with Crippen molar-refractivity contribution in [3.8, 4) is 0 Å². The van der Waals surface area contributed by atoms with E-state index >= 15 is 0 Å². The molecule has 0 saturated carbocycles. The van der Waals surface area contributed by atoms with Gasteiger partial charge in [0.2, 0.25) is 0 Å². The van der Waals surface area contributed by atoms with Gasteiger partial charge < -0.3 is 19.9 Å². The van der Waals surface area contributed by atoms with Crippen LogP contribution in [-0.4, -0.2) is 24.3 Å². The normalized spacial score (nSPS) is 11.8. The summed E-state index contributed by atoms with van der Waals surface area (Å²) in [6.07, 6.45) is 1.65. The number of halogens is 1. The quantitative estimate of drug-likeness (QED) is 0.871. The molecular formula is C17H20ClN3O3. The van der Waals surface area contributed by atoms with E-state index in [0.29, 0.717) is 17.2 Å². The molecule has 24 heavy (non-hydrogen) atoms. The number of nitrogens with zero attached hydrogens (tertiary/aromatic N) is 1. The van der Waals surface area contributed by atoms with E-state index in [1.54, 1.807) is 45.5 Å². The number of aryl methyl sites for hydroxylation is 2. The first kappa shape index (κ1) is 18.0. The fourth-order valence-electron chi connectivity index (χ4n) is 2.26. The molecule has 6 nitrogen and oxygen atoms in total. The SMILES string of the molecule is COC[C@@H](NC(=O)Nc1c(C)ccn(C)c1=O)c1ccc(Cl)cc1. The van der Waals surface area contributed by atoms with E-state index in [1.807, 2.05) is 12.1 Å². The topological polar surface area (TPSA) is 72.4 Å². The first-order chi connectivity index (χ1) is 11.4. The van der Waals surface area contributed by atoms with Crippen LogP contribution in [0.15, 0.2) is 41.3 Å². The minimum absolute atomic E-state index is 0.254. The second-order valence-electron chi connectivity index (χ2n) is 5.45. The molecule has 0 aliphatic carbocycles. The zero-order valence-electron chi connectivity index (χ0n) is 13.8. The Morgan fingerprint density at radius 1 is 1.29 bits per heavy atom. The van der Waals surface area contributed by atoms with Crippen LogP contribution in [0.5, 0.6) is 0 Å². The van der Waals surface area contributed by atoms with Crippen molar-refractivity contribution in [2.75, 3.05) is 19.0 Å². The van der Waals surface area contributed by atoms with Crippen LogP contribution in [0.1, 0.15) is 17.2 Å². The van der Waals surface area contributed by atoms with Crippen LogP contribution >= 0.6 is 11.6 Å². The molecule has 1 atom stereocenters. The highest BCUT2D eigenvalue weighted by Crippen LogP contribution is 2.17. The number of hydrogen-bond acceptors (Lipinski definition) is 3. The van der Waals surface area contributed by atoms with Crippen molar-refractivity contribution in [3.05, 3.63) is 63.0 Å². The van der Waals surface area contributed by atoms with Gasteiger partial charge in [-0.3, -0.25) is 4.79 Å². The standard InChI is InChI=1S/C17H20ClN3O3/c1-11-8-9-21(2)16(22)15(11)20-17(23)19-14(10-24-3)12-4-6-13(18)7-5-12/h4-9,14H,10H2,1-3H3,(H2,19,20,23)/t14-/m1/s1. The van der Waals surface area contributed by atoms with Gasteiger partial charge in [0.05, 0.1) is 12.6 Å². The summed E-state index contributed by atoms with van der Waals surface area (Å²) in [5.74, 6) is 0. The van der Waals surface area contributed by atoms with Gasteiger partial charge in [0.1, 0.15) is 5.69 Å². The van der Waals surface area contributed by atoms with Crippen LogP contribution in [0, 0.1) is 6.92 Å². The first-order valence-electron chi connectivity index (χ1n) is 7.40. The van der Waals surface area contributed by atoms with Gasteiger partial charge in [0.15, 0.2) is 0 Å².